The molecule has 1 aromatic carbocycles. The van der Waals surface area contributed by atoms with Crippen LogP contribution < -0.4 is 15.4 Å². The van der Waals surface area contributed by atoms with E-state index in [1.165, 1.54) is 0 Å². The van der Waals surface area contributed by atoms with Crippen LogP contribution in [-0.4, -0.2) is 56.7 Å². The molecule has 1 amide bonds. The summed E-state index contributed by atoms with van der Waals surface area (Å²) in [6.07, 6.45) is 0. The maximum atomic E-state index is 11.7. The van der Waals surface area contributed by atoms with E-state index in [2.05, 4.69) is 15.5 Å². The molecule has 1 aliphatic heterocycles. The minimum Gasteiger partial charge on any atom is -0.492 e. The Hall–Kier alpha value is -0.720. The third-order valence-electron chi connectivity index (χ3n) is 3.07. The van der Waals surface area contributed by atoms with E-state index in [1.807, 2.05) is 12.1 Å². The van der Waals surface area contributed by atoms with Crippen LogP contribution in [0.3, 0.4) is 0 Å². The summed E-state index contributed by atoms with van der Waals surface area (Å²) in [4.78, 5) is 13.9. The predicted octanol–water partition coefficient (Wildman–Crippen LogP) is 1.58. The monoisotopic (exact) mass is 369 g/mol. The lowest BCUT2D eigenvalue weighted by Crippen LogP contribution is -2.47. The molecule has 0 atom stereocenters. The molecule has 0 spiro atoms. The molecule has 1 heterocycles. The molecule has 22 heavy (non-hydrogen) atoms. The molecule has 2 N–H and O–H groups in total. The Balaban J connectivity index is 0.00000220. The molecule has 0 radical (unpaired) electrons. The van der Waals surface area contributed by atoms with Crippen molar-refractivity contribution in [1.29, 1.82) is 0 Å². The molecule has 0 aliphatic carbocycles. The molecule has 0 aromatic heterocycles. The molecule has 5 nitrogen and oxygen atoms in total. The number of benzene rings is 1. The van der Waals surface area contributed by atoms with Crippen LogP contribution in [0, 0.1) is 0 Å². The summed E-state index contributed by atoms with van der Waals surface area (Å²) in [6, 6.07) is 7.23. The molecule has 1 aromatic rings. The summed E-state index contributed by atoms with van der Waals surface area (Å²) >= 11 is 5.86. The molecule has 0 saturated carbocycles. The van der Waals surface area contributed by atoms with E-state index in [0.29, 0.717) is 30.5 Å². The number of ether oxygens (including phenoxy) is 1. The van der Waals surface area contributed by atoms with Crippen LogP contribution in [0.15, 0.2) is 24.3 Å². The molecule has 126 valence electrons. The summed E-state index contributed by atoms with van der Waals surface area (Å²) in [5, 5.41) is 6.76. The zero-order valence-electron chi connectivity index (χ0n) is 12.2. The first-order chi connectivity index (χ1) is 9.74. The van der Waals surface area contributed by atoms with E-state index in [-0.39, 0.29) is 30.7 Å². The van der Waals surface area contributed by atoms with Gasteiger partial charge in [0.2, 0.25) is 5.91 Å². The quantitative estimate of drug-likeness (QED) is 0.747. The van der Waals surface area contributed by atoms with Gasteiger partial charge in [0.05, 0.1) is 13.1 Å². The van der Waals surface area contributed by atoms with Crippen molar-refractivity contribution in [2.24, 2.45) is 0 Å². The maximum absolute atomic E-state index is 11.7. The number of carbonyl (C=O) groups is 1. The number of rotatable bonds is 6. The van der Waals surface area contributed by atoms with Gasteiger partial charge < -0.3 is 15.4 Å². The van der Waals surface area contributed by atoms with Gasteiger partial charge in [0.1, 0.15) is 12.4 Å². The maximum Gasteiger partial charge on any atom is 0.234 e. The molecule has 8 heteroatoms. The van der Waals surface area contributed by atoms with Crippen LogP contribution in [-0.2, 0) is 4.79 Å². The van der Waals surface area contributed by atoms with E-state index >= 15 is 0 Å². The Kier molecular flexibility index (Phi) is 11.4. The smallest absolute Gasteiger partial charge is 0.234 e. The molecule has 0 bridgehead atoms. The first kappa shape index (κ1) is 21.3. The van der Waals surface area contributed by atoms with Crippen molar-refractivity contribution in [3.8, 4) is 5.75 Å². The van der Waals surface area contributed by atoms with Crippen molar-refractivity contribution in [3.05, 3.63) is 29.3 Å². The molecule has 1 saturated heterocycles. The van der Waals surface area contributed by atoms with Crippen molar-refractivity contribution in [1.82, 2.24) is 15.5 Å². The van der Waals surface area contributed by atoms with Crippen LogP contribution >= 0.6 is 36.4 Å². The Bertz CT molecular complexity index is 443. The Morgan fingerprint density at radius 1 is 1.32 bits per heavy atom. The lowest BCUT2D eigenvalue weighted by molar-refractivity contribution is -0.122. The lowest BCUT2D eigenvalue weighted by atomic mass is 10.3. The Labute approximate surface area is 148 Å². The highest BCUT2D eigenvalue weighted by atomic mass is 35.5. The van der Waals surface area contributed by atoms with Crippen molar-refractivity contribution in [3.63, 3.8) is 0 Å². The number of nitrogens with zero attached hydrogens (tertiary/aromatic N) is 1. The predicted molar refractivity (Wildman–Crippen MR) is 93.8 cm³/mol. The highest BCUT2D eigenvalue weighted by molar-refractivity contribution is 6.30. The van der Waals surface area contributed by atoms with Crippen molar-refractivity contribution >= 4 is 42.3 Å². The fourth-order valence-corrected chi connectivity index (χ4v) is 2.22. The van der Waals surface area contributed by atoms with E-state index < -0.39 is 0 Å². The summed E-state index contributed by atoms with van der Waals surface area (Å²) in [6.45, 7) is 5.14. The molecule has 1 fully saturated rings. The van der Waals surface area contributed by atoms with Crippen LogP contribution in [0.25, 0.3) is 0 Å². The van der Waals surface area contributed by atoms with Gasteiger partial charge in [0, 0.05) is 31.2 Å². The van der Waals surface area contributed by atoms with Gasteiger partial charge in [-0.25, -0.2) is 0 Å². The number of nitrogens with one attached hydrogen (secondary N) is 2. The third kappa shape index (κ3) is 8.06. The van der Waals surface area contributed by atoms with Gasteiger partial charge in [0.15, 0.2) is 0 Å². The second-order valence-corrected chi connectivity index (χ2v) is 5.12. The number of hydrogen-bond acceptors (Lipinski definition) is 4. The molecule has 0 unspecified atom stereocenters. The fourth-order valence-electron chi connectivity index (χ4n) is 2.04. The highest BCUT2D eigenvalue weighted by Crippen LogP contribution is 2.16. The van der Waals surface area contributed by atoms with E-state index in [9.17, 15) is 4.79 Å². The number of piperazine rings is 1. The van der Waals surface area contributed by atoms with Gasteiger partial charge in [-0.05, 0) is 18.2 Å². The summed E-state index contributed by atoms with van der Waals surface area (Å²) in [5.74, 6) is 0.760. The standard InChI is InChI=1S/C14H20ClN3O2.2ClH/c15-12-2-1-3-13(10-12)20-9-6-17-14(19)11-18-7-4-16-5-8-18;;/h1-3,10,16H,4-9,11H2,(H,17,19);2*1H. The van der Waals surface area contributed by atoms with Crippen molar-refractivity contribution < 1.29 is 9.53 Å². The van der Waals surface area contributed by atoms with Crippen LogP contribution in [0.5, 0.6) is 5.75 Å². The topological polar surface area (TPSA) is 53.6 Å². The Morgan fingerprint density at radius 2 is 2.05 bits per heavy atom. The number of carbonyl (C=O) groups excluding carboxylic acids is 1. The summed E-state index contributed by atoms with van der Waals surface area (Å²) < 4.78 is 5.50. The van der Waals surface area contributed by atoms with Crippen molar-refractivity contribution in [2.75, 3.05) is 45.9 Å². The van der Waals surface area contributed by atoms with Gasteiger partial charge >= 0.3 is 0 Å². The minimum absolute atomic E-state index is 0. The molecule has 2 rings (SSSR count). The molecule has 1 aliphatic rings. The number of amides is 1. The normalized spacial score (nSPS) is 14.4. The van der Waals surface area contributed by atoms with Crippen molar-refractivity contribution in [2.45, 2.75) is 0 Å². The van der Waals surface area contributed by atoms with Gasteiger partial charge in [-0.15, -0.1) is 24.8 Å². The van der Waals surface area contributed by atoms with Gasteiger partial charge in [-0.3, -0.25) is 9.69 Å². The highest BCUT2D eigenvalue weighted by Gasteiger charge is 2.12. The molecular weight excluding hydrogens is 349 g/mol. The van der Waals surface area contributed by atoms with Gasteiger partial charge in [-0.1, -0.05) is 17.7 Å². The molecular formula is C14H22Cl3N3O2. The first-order valence-corrected chi connectivity index (χ1v) is 7.20. The zero-order chi connectivity index (χ0) is 14.2. The largest absolute Gasteiger partial charge is 0.492 e. The zero-order valence-corrected chi connectivity index (χ0v) is 14.6. The first-order valence-electron chi connectivity index (χ1n) is 6.82. The van der Waals surface area contributed by atoms with Crippen LogP contribution in [0.4, 0.5) is 0 Å². The minimum atomic E-state index is 0. The SMILES string of the molecule is Cl.Cl.O=C(CN1CCNCC1)NCCOc1cccc(Cl)c1. The number of hydrogen-bond donors (Lipinski definition) is 2. The van der Waals surface area contributed by atoms with E-state index in [1.54, 1.807) is 12.1 Å². The third-order valence-corrected chi connectivity index (χ3v) is 3.30. The van der Waals surface area contributed by atoms with Gasteiger partial charge in [-0.2, -0.15) is 0 Å². The lowest BCUT2D eigenvalue weighted by Gasteiger charge is -2.26. The second-order valence-electron chi connectivity index (χ2n) is 4.68. The van der Waals surface area contributed by atoms with Gasteiger partial charge in [0.25, 0.3) is 0 Å². The Morgan fingerprint density at radius 3 is 2.73 bits per heavy atom. The number of halogens is 3. The summed E-state index contributed by atoms with van der Waals surface area (Å²) in [5.41, 5.74) is 0. The fraction of sp³-hybridized carbons (Fsp3) is 0.500. The van der Waals surface area contributed by atoms with E-state index in [4.69, 9.17) is 16.3 Å². The second kappa shape index (κ2) is 11.8. The summed E-state index contributed by atoms with van der Waals surface area (Å²) in [7, 11) is 0. The average Bonchev–Trinajstić information content (AvgIpc) is 2.45. The van der Waals surface area contributed by atoms with Crippen LogP contribution in [0.2, 0.25) is 5.02 Å². The van der Waals surface area contributed by atoms with Crippen LogP contribution in [0.1, 0.15) is 0 Å². The van der Waals surface area contributed by atoms with E-state index in [0.717, 1.165) is 26.2 Å². The average molecular weight is 371 g/mol.